The molecule has 0 saturated heterocycles. The van der Waals surface area contributed by atoms with Gasteiger partial charge in [-0.2, -0.15) is 5.90 Å². The Bertz CT molecular complexity index is 475. The van der Waals surface area contributed by atoms with Crippen molar-refractivity contribution in [1.82, 2.24) is 4.90 Å². The molecule has 0 fully saturated rings. The van der Waals surface area contributed by atoms with Crippen LogP contribution in [0.5, 0.6) is 0 Å². The molecule has 0 heterocycles. The Morgan fingerprint density at radius 3 is 2.56 bits per heavy atom. The quantitative estimate of drug-likeness (QED) is 0.0877. The lowest BCUT2D eigenvalue weighted by atomic mass is 10.2. The third-order valence-corrected chi connectivity index (χ3v) is 3.45. The number of rotatable bonds is 13. The standard InChI is InChI=1S/C17H33N5O3/c1-5-22(17(23)24-6-2)10-8-7-9-20-12-14(3)16(21-13-18)11-15(4)25-19/h11-13,17,23H,5-10,19H2,1-4H3,(H2,18,21)/b15-11+,16-14?,20-12?. The molecule has 0 spiro atoms. The van der Waals surface area contributed by atoms with E-state index in [0.717, 1.165) is 31.5 Å². The fourth-order valence-corrected chi connectivity index (χ4v) is 2.02. The van der Waals surface area contributed by atoms with Gasteiger partial charge in [0.1, 0.15) is 5.76 Å². The van der Waals surface area contributed by atoms with Crippen LogP contribution in [0.4, 0.5) is 0 Å². The minimum atomic E-state index is -0.833. The molecule has 0 aromatic rings. The molecule has 1 unspecified atom stereocenters. The highest BCUT2D eigenvalue weighted by Crippen LogP contribution is 2.09. The molecule has 5 N–H and O–H groups in total. The molecule has 0 saturated carbocycles. The molecular weight excluding hydrogens is 322 g/mol. The summed E-state index contributed by atoms with van der Waals surface area (Å²) >= 11 is 0. The first-order chi connectivity index (χ1) is 12.0. The largest absolute Gasteiger partial charge is 0.416 e. The smallest absolute Gasteiger partial charge is 0.216 e. The second-order valence-corrected chi connectivity index (χ2v) is 5.37. The first kappa shape index (κ1) is 23.3. The summed E-state index contributed by atoms with van der Waals surface area (Å²) in [5.41, 5.74) is 6.86. The van der Waals surface area contributed by atoms with Gasteiger partial charge in [-0.25, -0.2) is 4.99 Å². The van der Waals surface area contributed by atoms with Gasteiger partial charge in [-0.15, -0.1) is 0 Å². The van der Waals surface area contributed by atoms with Crippen molar-refractivity contribution in [2.45, 2.75) is 47.0 Å². The van der Waals surface area contributed by atoms with Crippen molar-refractivity contribution in [3.8, 4) is 0 Å². The molecular formula is C17H33N5O3. The van der Waals surface area contributed by atoms with Crippen molar-refractivity contribution in [2.24, 2.45) is 21.6 Å². The molecule has 0 rings (SSSR count). The van der Waals surface area contributed by atoms with Gasteiger partial charge in [0.05, 0.1) is 12.0 Å². The lowest BCUT2D eigenvalue weighted by Crippen LogP contribution is -2.37. The molecule has 0 aromatic heterocycles. The molecule has 144 valence electrons. The third-order valence-electron chi connectivity index (χ3n) is 3.45. The highest BCUT2D eigenvalue weighted by Gasteiger charge is 2.12. The highest BCUT2D eigenvalue weighted by atomic mass is 16.6. The number of nitrogens with zero attached hydrogens (tertiary/aromatic N) is 3. The van der Waals surface area contributed by atoms with Crippen LogP contribution in [0.25, 0.3) is 0 Å². The van der Waals surface area contributed by atoms with Crippen molar-refractivity contribution in [3.05, 3.63) is 23.1 Å². The average molecular weight is 355 g/mol. The summed E-state index contributed by atoms with van der Waals surface area (Å²) in [6.07, 6.45) is 5.67. The summed E-state index contributed by atoms with van der Waals surface area (Å²) < 4.78 is 5.19. The minimum absolute atomic E-state index is 0.490. The number of aliphatic hydroxyl groups excluding tert-OH is 1. The SMILES string of the molecule is CCOC(O)N(CC)CCCCN=CC(C)=C(/C=C(\C)ON)N=CN. The highest BCUT2D eigenvalue weighted by molar-refractivity contribution is 5.80. The number of hydrogen-bond donors (Lipinski definition) is 3. The Morgan fingerprint density at radius 1 is 1.28 bits per heavy atom. The summed E-state index contributed by atoms with van der Waals surface area (Å²) in [6.45, 7) is 10.2. The molecule has 0 radical (unpaired) electrons. The van der Waals surface area contributed by atoms with Gasteiger partial charge in [0.25, 0.3) is 0 Å². The number of hydrogen-bond acceptors (Lipinski definition) is 7. The normalized spacial score (nSPS) is 15.2. The van der Waals surface area contributed by atoms with Crippen LogP contribution < -0.4 is 11.6 Å². The van der Waals surface area contributed by atoms with Crippen LogP contribution in [-0.2, 0) is 9.57 Å². The van der Waals surface area contributed by atoms with E-state index in [4.69, 9.17) is 16.4 Å². The average Bonchev–Trinajstić information content (AvgIpc) is 2.60. The molecule has 0 amide bonds. The lowest BCUT2D eigenvalue weighted by molar-refractivity contribution is -0.189. The lowest BCUT2D eigenvalue weighted by Gasteiger charge is -2.25. The summed E-state index contributed by atoms with van der Waals surface area (Å²) in [7, 11) is 0. The summed E-state index contributed by atoms with van der Waals surface area (Å²) in [4.78, 5) is 15.0. The molecule has 0 aliphatic heterocycles. The zero-order valence-electron chi connectivity index (χ0n) is 15.8. The molecule has 0 bridgehead atoms. The topological polar surface area (TPSA) is 119 Å². The van der Waals surface area contributed by atoms with Crippen LogP contribution in [0, 0.1) is 0 Å². The summed E-state index contributed by atoms with van der Waals surface area (Å²) in [5.74, 6) is 5.64. The maximum atomic E-state index is 9.81. The monoisotopic (exact) mass is 355 g/mol. The van der Waals surface area contributed by atoms with Crippen LogP contribution in [0.2, 0.25) is 0 Å². The molecule has 8 heteroatoms. The molecule has 1 atom stereocenters. The Labute approximate surface area is 150 Å². The predicted molar refractivity (Wildman–Crippen MR) is 102 cm³/mol. The minimum Gasteiger partial charge on any atom is -0.416 e. The molecule has 0 aliphatic rings. The first-order valence-corrected chi connectivity index (χ1v) is 8.53. The fourth-order valence-electron chi connectivity index (χ4n) is 2.02. The van der Waals surface area contributed by atoms with Gasteiger partial charge in [-0.05, 0) is 45.7 Å². The number of unbranched alkanes of at least 4 members (excludes halogenated alkanes) is 1. The van der Waals surface area contributed by atoms with Gasteiger partial charge in [-0.3, -0.25) is 9.89 Å². The number of nitrogens with two attached hydrogens (primary N) is 2. The van der Waals surface area contributed by atoms with Crippen molar-refractivity contribution in [2.75, 3.05) is 26.2 Å². The fraction of sp³-hybridized carbons (Fsp3) is 0.647. The van der Waals surface area contributed by atoms with Crippen molar-refractivity contribution in [3.63, 3.8) is 0 Å². The van der Waals surface area contributed by atoms with Crippen LogP contribution in [0.15, 0.2) is 33.1 Å². The van der Waals surface area contributed by atoms with Gasteiger partial charge in [0, 0.05) is 32.0 Å². The van der Waals surface area contributed by atoms with E-state index in [0.29, 0.717) is 24.6 Å². The molecule has 8 nitrogen and oxygen atoms in total. The van der Waals surface area contributed by atoms with E-state index in [1.165, 1.54) is 6.34 Å². The maximum absolute atomic E-state index is 9.81. The number of ether oxygens (including phenoxy) is 1. The molecule has 25 heavy (non-hydrogen) atoms. The van der Waals surface area contributed by atoms with E-state index in [-0.39, 0.29) is 0 Å². The van der Waals surface area contributed by atoms with E-state index in [2.05, 4.69) is 14.8 Å². The Kier molecular flexibility index (Phi) is 13.6. The van der Waals surface area contributed by atoms with E-state index >= 15 is 0 Å². The van der Waals surface area contributed by atoms with Gasteiger partial charge in [-0.1, -0.05) is 6.92 Å². The predicted octanol–water partition coefficient (Wildman–Crippen LogP) is 1.53. The Hall–Kier alpha value is -1.74. The van der Waals surface area contributed by atoms with Crippen molar-refractivity contribution < 1.29 is 14.7 Å². The van der Waals surface area contributed by atoms with Crippen molar-refractivity contribution >= 4 is 12.6 Å². The van der Waals surface area contributed by atoms with Gasteiger partial charge in [0.2, 0.25) is 6.41 Å². The molecule has 0 aromatic carbocycles. The van der Waals surface area contributed by atoms with E-state index in [1.54, 1.807) is 19.2 Å². The summed E-state index contributed by atoms with van der Waals surface area (Å²) in [6, 6.07) is 0. The number of aliphatic imine (C=N–C) groups is 2. The maximum Gasteiger partial charge on any atom is 0.216 e. The number of aliphatic hydroxyl groups is 1. The molecule has 0 aliphatic carbocycles. The Morgan fingerprint density at radius 2 is 2.00 bits per heavy atom. The van der Waals surface area contributed by atoms with Gasteiger partial charge < -0.3 is 20.4 Å². The van der Waals surface area contributed by atoms with Crippen LogP contribution in [0.3, 0.4) is 0 Å². The van der Waals surface area contributed by atoms with E-state index in [9.17, 15) is 5.11 Å². The van der Waals surface area contributed by atoms with Crippen LogP contribution >= 0.6 is 0 Å². The van der Waals surface area contributed by atoms with E-state index < -0.39 is 6.41 Å². The van der Waals surface area contributed by atoms with Gasteiger partial charge in [0.15, 0.2) is 0 Å². The second-order valence-electron chi connectivity index (χ2n) is 5.37. The number of allylic oxidation sites excluding steroid dienone is 3. The zero-order valence-corrected chi connectivity index (χ0v) is 15.8. The third kappa shape index (κ3) is 10.7. The van der Waals surface area contributed by atoms with E-state index in [1.807, 2.05) is 25.7 Å². The zero-order chi connectivity index (χ0) is 19.1. The first-order valence-electron chi connectivity index (χ1n) is 8.53. The second kappa shape index (κ2) is 14.6. The van der Waals surface area contributed by atoms with Crippen molar-refractivity contribution in [1.29, 1.82) is 0 Å². The Balaban J connectivity index is 4.44. The van der Waals surface area contributed by atoms with Gasteiger partial charge >= 0.3 is 0 Å². The van der Waals surface area contributed by atoms with Crippen LogP contribution in [0.1, 0.15) is 40.5 Å². The summed E-state index contributed by atoms with van der Waals surface area (Å²) in [5, 5.41) is 9.81. The van der Waals surface area contributed by atoms with Crippen LogP contribution in [-0.4, -0.2) is 55.2 Å².